The molecule has 0 aliphatic carbocycles. The molecule has 20 heavy (non-hydrogen) atoms. The summed E-state index contributed by atoms with van der Waals surface area (Å²) < 4.78 is 7.53. The van der Waals surface area contributed by atoms with Crippen molar-refractivity contribution < 1.29 is 4.74 Å². The number of fused-ring (bicyclic) bond motifs is 1. The highest BCUT2D eigenvalue weighted by Crippen LogP contribution is 2.25. The SMILES string of the molecule is C#CCn1c(C(N)CCC)nc2cc(OCC)ccc21. The Balaban J connectivity index is 2.50. The van der Waals surface area contributed by atoms with Gasteiger partial charge in [-0.1, -0.05) is 19.3 Å². The fourth-order valence-corrected chi connectivity index (χ4v) is 2.37. The lowest BCUT2D eigenvalue weighted by Crippen LogP contribution is -2.16. The van der Waals surface area contributed by atoms with E-state index in [9.17, 15) is 0 Å². The molecule has 0 bridgehead atoms. The molecule has 0 aliphatic heterocycles. The van der Waals surface area contributed by atoms with Gasteiger partial charge >= 0.3 is 0 Å². The molecule has 0 spiro atoms. The van der Waals surface area contributed by atoms with Gasteiger partial charge in [-0.25, -0.2) is 4.98 Å². The first-order chi connectivity index (χ1) is 9.71. The topological polar surface area (TPSA) is 53.1 Å². The zero-order valence-corrected chi connectivity index (χ0v) is 12.1. The van der Waals surface area contributed by atoms with Crippen LogP contribution < -0.4 is 10.5 Å². The van der Waals surface area contributed by atoms with Crippen molar-refractivity contribution >= 4 is 11.0 Å². The molecule has 1 unspecified atom stereocenters. The minimum atomic E-state index is -0.0868. The summed E-state index contributed by atoms with van der Waals surface area (Å²) in [6.45, 7) is 5.20. The first-order valence-corrected chi connectivity index (χ1v) is 7.03. The van der Waals surface area contributed by atoms with Crippen LogP contribution in [0.5, 0.6) is 5.75 Å². The van der Waals surface area contributed by atoms with Crippen LogP contribution in [-0.4, -0.2) is 16.2 Å². The summed E-state index contributed by atoms with van der Waals surface area (Å²) >= 11 is 0. The zero-order valence-electron chi connectivity index (χ0n) is 12.1. The standard InChI is InChI=1S/C16H21N3O/c1-4-7-13(17)16-18-14-11-12(20-6-3)8-9-15(14)19(16)10-5-2/h2,8-9,11,13H,4,6-7,10,17H2,1,3H3. The van der Waals surface area contributed by atoms with Crippen molar-refractivity contribution in [2.75, 3.05) is 6.61 Å². The number of terminal acetylenes is 1. The van der Waals surface area contributed by atoms with Gasteiger partial charge in [0.15, 0.2) is 0 Å². The van der Waals surface area contributed by atoms with Crippen molar-refractivity contribution in [2.45, 2.75) is 39.3 Å². The van der Waals surface area contributed by atoms with Crippen LogP contribution in [0.25, 0.3) is 11.0 Å². The molecule has 1 aromatic heterocycles. The van der Waals surface area contributed by atoms with Crippen LogP contribution in [0.3, 0.4) is 0 Å². The number of imidazole rings is 1. The van der Waals surface area contributed by atoms with Crippen LogP contribution in [0.4, 0.5) is 0 Å². The molecular formula is C16H21N3O. The number of benzene rings is 1. The molecule has 0 radical (unpaired) electrons. The third-order valence-corrected chi connectivity index (χ3v) is 3.24. The van der Waals surface area contributed by atoms with E-state index in [1.165, 1.54) is 0 Å². The maximum absolute atomic E-state index is 6.21. The van der Waals surface area contributed by atoms with Crippen LogP contribution >= 0.6 is 0 Å². The van der Waals surface area contributed by atoms with E-state index in [0.717, 1.165) is 35.4 Å². The molecular weight excluding hydrogens is 250 g/mol. The number of nitrogens with two attached hydrogens (primary N) is 1. The Morgan fingerprint density at radius 2 is 2.25 bits per heavy atom. The highest BCUT2D eigenvalue weighted by atomic mass is 16.5. The molecule has 2 aromatic rings. The lowest BCUT2D eigenvalue weighted by atomic mass is 10.2. The van der Waals surface area contributed by atoms with Crippen LogP contribution in [0.1, 0.15) is 38.6 Å². The number of aromatic nitrogens is 2. The van der Waals surface area contributed by atoms with Crippen molar-refractivity contribution in [3.63, 3.8) is 0 Å². The molecule has 2 rings (SSSR count). The quantitative estimate of drug-likeness (QED) is 0.822. The van der Waals surface area contributed by atoms with Gasteiger partial charge in [-0.3, -0.25) is 0 Å². The average Bonchev–Trinajstić information content (AvgIpc) is 2.78. The smallest absolute Gasteiger partial charge is 0.127 e. The largest absolute Gasteiger partial charge is 0.494 e. The van der Waals surface area contributed by atoms with E-state index in [4.69, 9.17) is 16.9 Å². The first kappa shape index (κ1) is 14.4. The zero-order chi connectivity index (χ0) is 14.5. The van der Waals surface area contributed by atoms with Gasteiger partial charge in [0.25, 0.3) is 0 Å². The Morgan fingerprint density at radius 3 is 2.90 bits per heavy atom. The van der Waals surface area contributed by atoms with Gasteiger partial charge in [-0.15, -0.1) is 6.42 Å². The Morgan fingerprint density at radius 1 is 1.45 bits per heavy atom. The molecule has 106 valence electrons. The minimum Gasteiger partial charge on any atom is -0.494 e. The van der Waals surface area contributed by atoms with Gasteiger partial charge < -0.3 is 15.0 Å². The van der Waals surface area contributed by atoms with E-state index in [-0.39, 0.29) is 6.04 Å². The van der Waals surface area contributed by atoms with Gasteiger partial charge in [-0.05, 0) is 25.5 Å². The lowest BCUT2D eigenvalue weighted by Gasteiger charge is -2.11. The second-order valence-electron chi connectivity index (χ2n) is 4.74. The Bertz CT molecular complexity index is 624. The summed E-state index contributed by atoms with van der Waals surface area (Å²) in [5.74, 6) is 4.35. The number of ether oxygens (including phenoxy) is 1. The highest BCUT2D eigenvalue weighted by molar-refractivity contribution is 5.78. The van der Waals surface area contributed by atoms with Gasteiger partial charge in [0, 0.05) is 6.07 Å². The molecule has 0 fully saturated rings. The summed E-state index contributed by atoms with van der Waals surface area (Å²) in [5.41, 5.74) is 8.10. The van der Waals surface area contributed by atoms with Crippen LogP contribution in [0.2, 0.25) is 0 Å². The van der Waals surface area contributed by atoms with Gasteiger partial charge in [0.2, 0.25) is 0 Å². The first-order valence-electron chi connectivity index (χ1n) is 7.03. The predicted molar refractivity (Wildman–Crippen MR) is 81.6 cm³/mol. The summed E-state index contributed by atoms with van der Waals surface area (Å²) in [6, 6.07) is 5.78. The summed E-state index contributed by atoms with van der Waals surface area (Å²) in [7, 11) is 0. The van der Waals surface area contributed by atoms with Gasteiger partial charge in [0.05, 0.1) is 30.2 Å². The monoisotopic (exact) mass is 271 g/mol. The van der Waals surface area contributed by atoms with Gasteiger partial charge in [-0.2, -0.15) is 0 Å². The minimum absolute atomic E-state index is 0.0868. The fourth-order valence-electron chi connectivity index (χ4n) is 2.37. The van der Waals surface area contributed by atoms with Gasteiger partial charge in [0.1, 0.15) is 11.6 Å². The summed E-state index contributed by atoms with van der Waals surface area (Å²) in [6.07, 6.45) is 7.38. The molecule has 4 heteroatoms. The second-order valence-corrected chi connectivity index (χ2v) is 4.74. The van der Waals surface area contributed by atoms with Crippen molar-refractivity contribution in [2.24, 2.45) is 5.73 Å². The molecule has 1 heterocycles. The normalized spacial score (nSPS) is 12.3. The molecule has 0 saturated heterocycles. The molecule has 4 nitrogen and oxygen atoms in total. The van der Waals surface area contributed by atoms with Crippen molar-refractivity contribution in [1.29, 1.82) is 0 Å². The molecule has 0 saturated carbocycles. The van der Waals surface area contributed by atoms with E-state index in [2.05, 4.69) is 17.8 Å². The van der Waals surface area contributed by atoms with E-state index in [1.807, 2.05) is 29.7 Å². The Hall–Kier alpha value is -1.99. The van der Waals surface area contributed by atoms with E-state index in [0.29, 0.717) is 13.2 Å². The predicted octanol–water partition coefficient (Wildman–Crippen LogP) is 2.87. The van der Waals surface area contributed by atoms with Crippen LogP contribution in [-0.2, 0) is 6.54 Å². The average molecular weight is 271 g/mol. The maximum atomic E-state index is 6.21. The molecule has 1 atom stereocenters. The third-order valence-electron chi connectivity index (χ3n) is 3.24. The van der Waals surface area contributed by atoms with E-state index < -0.39 is 0 Å². The molecule has 0 aliphatic rings. The maximum Gasteiger partial charge on any atom is 0.127 e. The highest BCUT2D eigenvalue weighted by Gasteiger charge is 2.16. The Labute approximate surface area is 119 Å². The van der Waals surface area contributed by atoms with Crippen molar-refractivity contribution in [3.05, 3.63) is 24.0 Å². The van der Waals surface area contributed by atoms with Crippen LogP contribution in [0, 0.1) is 12.3 Å². The number of hydrogen-bond acceptors (Lipinski definition) is 3. The third kappa shape index (κ3) is 2.78. The lowest BCUT2D eigenvalue weighted by molar-refractivity contribution is 0.340. The summed E-state index contributed by atoms with van der Waals surface area (Å²) in [4.78, 5) is 4.66. The van der Waals surface area contributed by atoms with E-state index >= 15 is 0 Å². The van der Waals surface area contributed by atoms with Crippen molar-refractivity contribution in [3.8, 4) is 18.1 Å². The molecule has 2 N–H and O–H groups in total. The molecule has 1 aromatic carbocycles. The number of hydrogen-bond donors (Lipinski definition) is 1. The second kappa shape index (κ2) is 6.44. The Kier molecular flexibility index (Phi) is 4.65. The van der Waals surface area contributed by atoms with Crippen LogP contribution in [0.15, 0.2) is 18.2 Å². The number of rotatable bonds is 6. The fraction of sp³-hybridized carbons (Fsp3) is 0.438. The van der Waals surface area contributed by atoms with Crippen molar-refractivity contribution in [1.82, 2.24) is 9.55 Å². The number of nitrogens with zero attached hydrogens (tertiary/aromatic N) is 2. The van der Waals surface area contributed by atoms with E-state index in [1.54, 1.807) is 0 Å². The molecule has 0 amide bonds. The summed E-state index contributed by atoms with van der Waals surface area (Å²) in [5, 5.41) is 0.